The molecule has 0 radical (unpaired) electrons. The minimum absolute atomic E-state index is 0.137. The van der Waals surface area contributed by atoms with E-state index in [0.717, 1.165) is 5.56 Å². The van der Waals surface area contributed by atoms with Crippen LogP contribution in [0.15, 0.2) is 42.5 Å². The van der Waals surface area contributed by atoms with E-state index >= 15 is 0 Å². The molecule has 9 heteroatoms. The Morgan fingerprint density at radius 1 is 1.10 bits per heavy atom. The molecule has 2 aromatic carbocycles. The maximum absolute atomic E-state index is 12.2. The zero-order valence-corrected chi connectivity index (χ0v) is 16.9. The third kappa shape index (κ3) is 6.69. The second-order valence-electron chi connectivity index (χ2n) is 6.03. The van der Waals surface area contributed by atoms with Crippen molar-refractivity contribution in [3.63, 3.8) is 0 Å². The molecule has 2 N–H and O–H groups in total. The molecule has 0 aromatic heterocycles. The van der Waals surface area contributed by atoms with Gasteiger partial charge in [-0.1, -0.05) is 23.7 Å². The Morgan fingerprint density at radius 3 is 2.55 bits per heavy atom. The number of hydrazine groups is 1. The molecule has 0 saturated carbocycles. The SMILES string of the molecule is COc1ccc(Cl)cc1C(=O)NNC(=O)COC(=O)[C@H](C)Oc1cccc(C)c1. The van der Waals surface area contributed by atoms with E-state index in [1.54, 1.807) is 24.3 Å². The molecular formula is C20H21ClN2O6. The first kappa shape index (κ1) is 22.0. The van der Waals surface area contributed by atoms with Crippen LogP contribution in [0.25, 0.3) is 0 Å². The molecule has 0 heterocycles. The van der Waals surface area contributed by atoms with E-state index in [0.29, 0.717) is 10.8 Å². The summed E-state index contributed by atoms with van der Waals surface area (Å²) in [5.74, 6) is -1.28. The van der Waals surface area contributed by atoms with Crippen LogP contribution in [-0.2, 0) is 14.3 Å². The van der Waals surface area contributed by atoms with E-state index in [2.05, 4.69) is 10.9 Å². The van der Waals surface area contributed by atoms with E-state index in [1.807, 2.05) is 13.0 Å². The number of carbonyl (C=O) groups excluding carboxylic acids is 3. The number of nitrogens with one attached hydrogen (secondary N) is 2. The molecule has 0 bridgehead atoms. The fourth-order valence-electron chi connectivity index (χ4n) is 2.28. The van der Waals surface area contributed by atoms with Crippen molar-refractivity contribution in [1.82, 2.24) is 10.9 Å². The zero-order valence-electron chi connectivity index (χ0n) is 16.2. The predicted octanol–water partition coefficient (Wildman–Crippen LogP) is 2.43. The fraction of sp³-hybridized carbons (Fsp3) is 0.250. The number of amides is 2. The van der Waals surface area contributed by atoms with Crippen LogP contribution >= 0.6 is 11.6 Å². The Balaban J connectivity index is 1.80. The number of esters is 1. The van der Waals surface area contributed by atoms with E-state index in [9.17, 15) is 14.4 Å². The summed E-state index contributed by atoms with van der Waals surface area (Å²) in [5, 5.41) is 0.332. The Hall–Kier alpha value is -3.26. The van der Waals surface area contributed by atoms with Crippen molar-refractivity contribution in [2.24, 2.45) is 0 Å². The van der Waals surface area contributed by atoms with Crippen molar-refractivity contribution >= 4 is 29.4 Å². The number of ether oxygens (including phenoxy) is 3. The topological polar surface area (TPSA) is 103 Å². The standard InChI is InChI=1S/C20H21ClN2O6/c1-12-5-4-6-15(9-12)29-13(2)20(26)28-11-18(24)22-23-19(25)16-10-14(21)7-8-17(16)27-3/h4-10,13H,11H2,1-3H3,(H,22,24)(H,23,25)/t13-/m0/s1. The Labute approximate surface area is 173 Å². The highest BCUT2D eigenvalue weighted by Crippen LogP contribution is 2.22. The van der Waals surface area contributed by atoms with Gasteiger partial charge in [0.2, 0.25) is 0 Å². The lowest BCUT2D eigenvalue weighted by molar-refractivity contribution is -0.154. The molecule has 0 unspecified atom stereocenters. The highest BCUT2D eigenvalue weighted by Gasteiger charge is 2.19. The largest absolute Gasteiger partial charge is 0.496 e. The number of hydrogen-bond donors (Lipinski definition) is 2. The number of hydrogen-bond acceptors (Lipinski definition) is 6. The fourth-order valence-corrected chi connectivity index (χ4v) is 2.45. The molecule has 2 rings (SSSR count). The number of methoxy groups -OCH3 is 1. The first-order valence-corrected chi connectivity index (χ1v) is 9.00. The second kappa shape index (κ2) is 10.3. The van der Waals surface area contributed by atoms with Crippen LogP contribution in [0.2, 0.25) is 5.02 Å². The van der Waals surface area contributed by atoms with Crippen LogP contribution in [0.1, 0.15) is 22.8 Å². The van der Waals surface area contributed by atoms with Crippen LogP contribution < -0.4 is 20.3 Å². The number of benzene rings is 2. The van der Waals surface area contributed by atoms with E-state index in [1.165, 1.54) is 26.2 Å². The van der Waals surface area contributed by atoms with Gasteiger partial charge in [0.15, 0.2) is 12.7 Å². The average Bonchev–Trinajstić information content (AvgIpc) is 2.70. The van der Waals surface area contributed by atoms with Crippen molar-refractivity contribution in [3.05, 3.63) is 58.6 Å². The van der Waals surface area contributed by atoms with Crippen LogP contribution in [0, 0.1) is 6.92 Å². The zero-order chi connectivity index (χ0) is 21.4. The van der Waals surface area contributed by atoms with Gasteiger partial charge in [-0.05, 0) is 49.7 Å². The number of carbonyl (C=O) groups is 3. The predicted molar refractivity (Wildman–Crippen MR) is 106 cm³/mol. The first-order valence-electron chi connectivity index (χ1n) is 8.63. The van der Waals surface area contributed by atoms with Crippen LogP contribution in [-0.4, -0.2) is 37.6 Å². The Morgan fingerprint density at radius 2 is 1.86 bits per heavy atom. The smallest absolute Gasteiger partial charge is 0.347 e. The molecule has 0 aliphatic carbocycles. The molecule has 2 aromatic rings. The lowest BCUT2D eigenvalue weighted by Gasteiger charge is -2.14. The summed E-state index contributed by atoms with van der Waals surface area (Å²) < 4.78 is 15.5. The van der Waals surface area contributed by atoms with Gasteiger partial charge in [-0.15, -0.1) is 0 Å². The van der Waals surface area contributed by atoms with Crippen molar-refractivity contribution in [1.29, 1.82) is 0 Å². The number of halogens is 1. The minimum atomic E-state index is -0.907. The molecule has 8 nitrogen and oxygen atoms in total. The summed E-state index contributed by atoms with van der Waals surface area (Å²) in [7, 11) is 1.40. The highest BCUT2D eigenvalue weighted by atomic mass is 35.5. The summed E-state index contributed by atoms with van der Waals surface area (Å²) in [5.41, 5.74) is 5.47. The van der Waals surface area contributed by atoms with Gasteiger partial charge in [0.05, 0.1) is 12.7 Å². The van der Waals surface area contributed by atoms with Gasteiger partial charge in [-0.25, -0.2) is 4.79 Å². The highest BCUT2D eigenvalue weighted by molar-refractivity contribution is 6.31. The van der Waals surface area contributed by atoms with Gasteiger partial charge in [0, 0.05) is 5.02 Å². The van der Waals surface area contributed by atoms with Gasteiger partial charge in [0.25, 0.3) is 11.8 Å². The maximum Gasteiger partial charge on any atom is 0.347 e. The van der Waals surface area contributed by atoms with Crippen LogP contribution in [0.3, 0.4) is 0 Å². The average molecular weight is 421 g/mol. The summed E-state index contributed by atoms with van der Waals surface area (Å²) in [6, 6.07) is 11.7. The van der Waals surface area contributed by atoms with Gasteiger partial charge in [-0.3, -0.25) is 20.4 Å². The molecule has 0 aliphatic heterocycles. The lowest BCUT2D eigenvalue weighted by Crippen LogP contribution is -2.44. The maximum atomic E-state index is 12.2. The third-order valence-electron chi connectivity index (χ3n) is 3.70. The summed E-state index contributed by atoms with van der Waals surface area (Å²) in [4.78, 5) is 36.0. The summed E-state index contributed by atoms with van der Waals surface area (Å²) >= 11 is 5.87. The van der Waals surface area contributed by atoms with Crippen molar-refractivity contribution in [2.45, 2.75) is 20.0 Å². The molecule has 0 saturated heterocycles. The molecule has 0 spiro atoms. The summed E-state index contributed by atoms with van der Waals surface area (Å²) in [6.07, 6.45) is -0.907. The van der Waals surface area contributed by atoms with Gasteiger partial charge >= 0.3 is 5.97 Å². The molecule has 0 aliphatic rings. The van der Waals surface area contributed by atoms with Crippen molar-refractivity contribution in [2.75, 3.05) is 13.7 Å². The number of aryl methyl sites for hydroxylation is 1. The van der Waals surface area contributed by atoms with Crippen LogP contribution in [0.5, 0.6) is 11.5 Å². The Kier molecular flexibility index (Phi) is 7.85. The van der Waals surface area contributed by atoms with Gasteiger partial charge in [0.1, 0.15) is 11.5 Å². The molecule has 1 atom stereocenters. The first-order chi connectivity index (χ1) is 13.8. The van der Waals surface area contributed by atoms with Gasteiger partial charge < -0.3 is 14.2 Å². The minimum Gasteiger partial charge on any atom is -0.496 e. The molecule has 2 amide bonds. The lowest BCUT2D eigenvalue weighted by atomic mass is 10.2. The summed E-state index contributed by atoms with van der Waals surface area (Å²) in [6.45, 7) is 2.82. The monoisotopic (exact) mass is 420 g/mol. The van der Waals surface area contributed by atoms with Crippen LogP contribution in [0.4, 0.5) is 0 Å². The molecule has 154 valence electrons. The molecule has 29 heavy (non-hydrogen) atoms. The van der Waals surface area contributed by atoms with Crippen molar-refractivity contribution < 1.29 is 28.6 Å². The quantitative estimate of drug-likeness (QED) is 0.526. The third-order valence-corrected chi connectivity index (χ3v) is 3.94. The molecule has 0 fully saturated rings. The van der Waals surface area contributed by atoms with E-state index in [4.69, 9.17) is 25.8 Å². The Bertz CT molecular complexity index is 902. The normalized spacial score (nSPS) is 11.2. The van der Waals surface area contributed by atoms with E-state index in [-0.39, 0.29) is 11.3 Å². The van der Waals surface area contributed by atoms with Crippen molar-refractivity contribution in [3.8, 4) is 11.5 Å². The molecular weight excluding hydrogens is 400 g/mol. The van der Waals surface area contributed by atoms with Gasteiger partial charge in [-0.2, -0.15) is 0 Å². The number of rotatable bonds is 7. The van der Waals surface area contributed by atoms with E-state index < -0.39 is 30.5 Å². The second-order valence-corrected chi connectivity index (χ2v) is 6.47.